The fourth-order valence-corrected chi connectivity index (χ4v) is 1.90. The first-order valence-corrected chi connectivity index (χ1v) is 5.95. The molecule has 0 saturated heterocycles. The predicted octanol–water partition coefficient (Wildman–Crippen LogP) is 4.09. The topological polar surface area (TPSA) is 25.8 Å². The van der Waals surface area contributed by atoms with Gasteiger partial charge >= 0.3 is 0 Å². The van der Waals surface area contributed by atoms with Crippen LogP contribution in [0.5, 0.6) is 0 Å². The van der Waals surface area contributed by atoms with Gasteiger partial charge < -0.3 is 0 Å². The van der Waals surface area contributed by atoms with E-state index in [0.717, 1.165) is 16.8 Å². The number of hydrogen-bond donors (Lipinski definition) is 0. The molecule has 2 aromatic rings. The lowest BCUT2D eigenvalue weighted by molar-refractivity contribution is 0.587. The largest absolute Gasteiger partial charge is 0.152 e. The normalized spacial score (nSPS) is 11.5. The van der Waals surface area contributed by atoms with E-state index >= 15 is 0 Å². The van der Waals surface area contributed by atoms with Gasteiger partial charge in [-0.25, -0.2) is 0 Å². The second-order valence-corrected chi connectivity index (χ2v) is 5.43. The highest BCUT2D eigenvalue weighted by Crippen LogP contribution is 2.32. The van der Waals surface area contributed by atoms with E-state index in [1.165, 1.54) is 0 Å². The Morgan fingerprint density at radius 3 is 2.24 bits per heavy atom. The van der Waals surface area contributed by atoms with E-state index < -0.39 is 0 Å². The Morgan fingerprint density at radius 1 is 1.00 bits per heavy atom. The van der Waals surface area contributed by atoms with Gasteiger partial charge in [0.1, 0.15) is 0 Å². The van der Waals surface area contributed by atoms with Crippen LogP contribution in [0.4, 0.5) is 0 Å². The SMILES string of the molecule is CC(C)(C)c1cc(Cl)nnc1-c1ccccc1. The fraction of sp³-hybridized carbons (Fsp3) is 0.286. The number of nitrogens with zero attached hydrogens (tertiary/aromatic N) is 2. The molecule has 88 valence electrons. The molecule has 1 heterocycles. The predicted molar refractivity (Wildman–Crippen MR) is 71.2 cm³/mol. The molecule has 1 aromatic carbocycles. The van der Waals surface area contributed by atoms with E-state index in [-0.39, 0.29) is 5.41 Å². The molecule has 2 rings (SSSR count). The first-order valence-electron chi connectivity index (χ1n) is 5.57. The monoisotopic (exact) mass is 246 g/mol. The molecule has 0 radical (unpaired) electrons. The second kappa shape index (κ2) is 4.46. The molecule has 0 atom stereocenters. The lowest BCUT2D eigenvalue weighted by atomic mass is 9.84. The Hall–Kier alpha value is -1.41. The van der Waals surface area contributed by atoms with Gasteiger partial charge in [-0.1, -0.05) is 62.7 Å². The second-order valence-electron chi connectivity index (χ2n) is 5.05. The summed E-state index contributed by atoms with van der Waals surface area (Å²) < 4.78 is 0. The molecule has 0 aliphatic heterocycles. The van der Waals surface area contributed by atoms with Gasteiger partial charge in [-0.3, -0.25) is 0 Å². The highest BCUT2D eigenvalue weighted by atomic mass is 35.5. The third-order valence-corrected chi connectivity index (χ3v) is 2.80. The van der Waals surface area contributed by atoms with E-state index in [0.29, 0.717) is 5.15 Å². The third kappa shape index (κ3) is 2.64. The van der Waals surface area contributed by atoms with E-state index in [1.54, 1.807) is 0 Å². The van der Waals surface area contributed by atoms with Gasteiger partial charge in [0, 0.05) is 5.56 Å². The quantitative estimate of drug-likeness (QED) is 0.757. The summed E-state index contributed by atoms with van der Waals surface area (Å²) in [4.78, 5) is 0. The molecular formula is C14H15ClN2. The zero-order chi connectivity index (χ0) is 12.5. The summed E-state index contributed by atoms with van der Waals surface area (Å²) in [7, 11) is 0. The molecule has 0 N–H and O–H groups in total. The van der Waals surface area contributed by atoms with Crippen molar-refractivity contribution >= 4 is 11.6 Å². The Bertz CT molecular complexity index is 515. The Balaban J connectivity index is 2.63. The van der Waals surface area contributed by atoms with Gasteiger partial charge in [0.15, 0.2) is 5.15 Å². The molecular weight excluding hydrogens is 232 g/mol. The van der Waals surface area contributed by atoms with Crippen LogP contribution in [0.2, 0.25) is 5.15 Å². The maximum Gasteiger partial charge on any atom is 0.152 e. The van der Waals surface area contributed by atoms with Crippen LogP contribution in [0, 0.1) is 0 Å². The van der Waals surface area contributed by atoms with Crippen LogP contribution in [0.25, 0.3) is 11.3 Å². The number of rotatable bonds is 1. The standard InChI is InChI=1S/C14H15ClN2/c1-14(2,3)11-9-12(15)16-17-13(11)10-7-5-4-6-8-10/h4-9H,1-3H3. The Morgan fingerprint density at radius 2 is 1.65 bits per heavy atom. The summed E-state index contributed by atoms with van der Waals surface area (Å²) in [5.74, 6) is 0. The van der Waals surface area contributed by atoms with Crippen molar-refractivity contribution in [3.8, 4) is 11.3 Å². The first kappa shape index (κ1) is 12.1. The Kier molecular flexibility index (Phi) is 3.16. The van der Waals surface area contributed by atoms with Crippen molar-refractivity contribution in [2.75, 3.05) is 0 Å². The van der Waals surface area contributed by atoms with Crippen molar-refractivity contribution in [1.82, 2.24) is 10.2 Å². The van der Waals surface area contributed by atoms with Crippen LogP contribution >= 0.6 is 11.6 Å². The van der Waals surface area contributed by atoms with Crippen LogP contribution in [0.15, 0.2) is 36.4 Å². The van der Waals surface area contributed by atoms with Gasteiger partial charge in [-0.2, -0.15) is 0 Å². The maximum absolute atomic E-state index is 5.94. The molecule has 0 unspecified atom stereocenters. The Labute approximate surface area is 107 Å². The smallest absolute Gasteiger partial charge is 0.149 e. The summed E-state index contributed by atoms with van der Waals surface area (Å²) in [6, 6.07) is 12.0. The van der Waals surface area contributed by atoms with Crippen molar-refractivity contribution in [2.24, 2.45) is 0 Å². The molecule has 0 aliphatic rings. The average Bonchev–Trinajstić information content (AvgIpc) is 2.29. The van der Waals surface area contributed by atoms with Crippen molar-refractivity contribution in [3.05, 3.63) is 47.1 Å². The van der Waals surface area contributed by atoms with Gasteiger partial charge in [-0.15, -0.1) is 10.2 Å². The van der Waals surface area contributed by atoms with E-state index in [9.17, 15) is 0 Å². The van der Waals surface area contributed by atoms with E-state index in [4.69, 9.17) is 11.6 Å². The maximum atomic E-state index is 5.94. The molecule has 2 nitrogen and oxygen atoms in total. The number of benzene rings is 1. The molecule has 0 fully saturated rings. The minimum Gasteiger partial charge on any atom is -0.149 e. The summed E-state index contributed by atoms with van der Waals surface area (Å²) in [6.45, 7) is 6.44. The average molecular weight is 247 g/mol. The highest BCUT2D eigenvalue weighted by molar-refractivity contribution is 6.29. The zero-order valence-corrected chi connectivity index (χ0v) is 11.0. The van der Waals surface area contributed by atoms with Crippen LogP contribution < -0.4 is 0 Å². The van der Waals surface area contributed by atoms with Gasteiger partial charge in [0.05, 0.1) is 5.69 Å². The van der Waals surface area contributed by atoms with Crippen LogP contribution in [-0.2, 0) is 5.41 Å². The fourth-order valence-electron chi connectivity index (χ4n) is 1.75. The summed E-state index contributed by atoms with van der Waals surface area (Å²) in [5.41, 5.74) is 3.08. The van der Waals surface area contributed by atoms with E-state index in [1.807, 2.05) is 36.4 Å². The van der Waals surface area contributed by atoms with Crippen molar-refractivity contribution in [2.45, 2.75) is 26.2 Å². The van der Waals surface area contributed by atoms with Crippen LogP contribution in [0.3, 0.4) is 0 Å². The molecule has 17 heavy (non-hydrogen) atoms. The summed E-state index contributed by atoms with van der Waals surface area (Å²) in [6.07, 6.45) is 0. The highest BCUT2D eigenvalue weighted by Gasteiger charge is 2.20. The first-order chi connectivity index (χ1) is 7.98. The van der Waals surface area contributed by atoms with Gasteiger partial charge in [0.25, 0.3) is 0 Å². The minimum atomic E-state index is -0.00917. The zero-order valence-electron chi connectivity index (χ0n) is 10.2. The molecule has 0 aliphatic carbocycles. The molecule has 3 heteroatoms. The van der Waals surface area contributed by atoms with Gasteiger partial charge in [0.2, 0.25) is 0 Å². The number of aromatic nitrogens is 2. The van der Waals surface area contributed by atoms with Crippen molar-refractivity contribution in [3.63, 3.8) is 0 Å². The molecule has 0 bridgehead atoms. The molecule has 0 spiro atoms. The lowest BCUT2D eigenvalue weighted by Gasteiger charge is -2.21. The number of hydrogen-bond acceptors (Lipinski definition) is 2. The summed E-state index contributed by atoms with van der Waals surface area (Å²) in [5, 5.41) is 8.62. The molecule has 0 amide bonds. The number of halogens is 1. The van der Waals surface area contributed by atoms with E-state index in [2.05, 4.69) is 31.0 Å². The minimum absolute atomic E-state index is 0.00917. The van der Waals surface area contributed by atoms with Crippen LogP contribution in [0.1, 0.15) is 26.3 Å². The van der Waals surface area contributed by atoms with Gasteiger partial charge in [-0.05, 0) is 17.0 Å². The molecule has 1 aromatic heterocycles. The summed E-state index contributed by atoms with van der Waals surface area (Å²) >= 11 is 5.94. The lowest BCUT2D eigenvalue weighted by Crippen LogP contribution is -2.14. The van der Waals surface area contributed by atoms with Crippen molar-refractivity contribution < 1.29 is 0 Å². The van der Waals surface area contributed by atoms with Crippen molar-refractivity contribution in [1.29, 1.82) is 0 Å². The molecule has 0 saturated carbocycles. The third-order valence-electron chi connectivity index (χ3n) is 2.62. The van der Waals surface area contributed by atoms with Crippen LogP contribution in [-0.4, -0.2) is 10.2 Å².